The second-order valence-electron chi connectivity index (χ2n) is 4.88. The van der Waals surface area contributed by atoms with Crippen molar-refractivity contribution >= 4 is 0 Å². The van der Waals surface area contributed by atoms with Crippen molar-refractivity contribution in [3.05, 3.63) is 0 Å². The predicted octanol–water partition coefficient (Wildman–Crippen LogP) is 0.818. The standard InChI is InChI=1S/C11H24N2O/c1-3-4-10-5-6-13(7-10)9-11(2,14)8-12/h10,14H,3-9,12H2,1-2H3. The van der Waals surface area contributed by atoms with Crippen LogP contribution in [0, 0.1) is 5.92 Å². The zero-order valence-electron chi connectivity index (χ0n) is 9.50. The maximum atomic E-state index is 9.83. The van der Waals surface area contributed by atoms with E-state index in [1.54, 1.807) is 0 Å². The normalized spacial score (nSPS) is 27.9. The Kier molecular flexibility index (Phi) is 4.35. The summed E-state index contributed by atoms with van der Waals surface area (Å²) in [4.78, 5) is 2.34. The summed E-state index contributed by atoms with van der Waals surface area (Å²) >= 11 is 0. The van der Waals surface area contributed by atoms with Crippen molar-refractivity contribution in [1.29, 1.82) is 0 Å². The molecular weight excluding hydrogens is 176 g/mol. The Labute approximate surface area is 87.3 Å². The highest BCUT2D eigenvalue weighted by molar-refractivity contribution is 4.83. The monoisotopic (exact) mass is 200 g/mol. The molecule has 1 aliphatic heterocycles. The third kappa shape index (κ3) is 3.56. The van der Waals surface area contributed by atoms with Crippen molar-refractivity contribution in [3.8, 4) is 0 Å². The number of hydrogen-bond acceptors (Lipinski definition) is 3. The number of β-amino-alcohol motifs (C(OH)–C–C–N with tert-alkyl or cyclic N) is 1. The Balaban J connectivity index is 2.28. The maximum absolute atomic E-state index is 9.83. The molecule has 0 radical (unpaired) electrons. The molecule has 1 saturated heterocycles. The van der Waals surface area contributed by atoms with Gasteiger partial charge in [-0.1, -0.05) is 13.3 Å². The van der Waals surface area contributed by atoms with Gasteiger partial charge in [-0.25, -0.2) is 0 Å². The summed E-state index contributed by atoms with van der Waals surface area (Å²) in [5, 5.41) is 9.83. The molecule has 0 aliphatic carbocycles. The van der Waals surface area contributed by atoms with Gasteiger partial charge in [-0.05, 0) is 32.2 Å². The van der Waals surface area contributed by atoms with E-state index in [0.717, 1.165) is 25.6 Å². The van der Waals surface area contributed by atoms with Gasteiger partial charge in [0.25, 0.3) is 0 Å². The molecule has 0 aromatic heterocycles. The number of hydrogen-bond donors (Lipinski definition) is 2. The van der Waals surface area contributed by atoms with Crippen molar-refractivity contribution in [1.82, 2.24) is 4.90 Å². The number of likely N-dealkylation sites (tertiary alicyclic amines) is 1. The van der Waals surface area contributed by atoms with Crippen molar-refractivity contribution in [2.45, 2.75) is 38.7 Å². The van der Waals surface area contributed by atoms with Crippen LogP contribution in [0.15, 0.2) is 0 Å². The van der Waals surface area contributed by atoms with Crippen LogP contribution in [0.1, 0.15) is 33.1 Å². The minimum Gasteiger partial charge on any atom is -0.388 e. The van der Waals surface area contributed by atoms with Crippen LogP contribution in [0.2, 0.25) is 0 Å². The molecule has 0 aromatic carbocycles. The van der Waals surface area contributed by atoms with Gasteiger partial charge in [-0.2, -0.15) is 0 Å². The minimum absolute atomic E-state index is 0.349. The Morgan fingerprint density at radius 2 is 2.29 bits per heavy atom. The van der Waals surface area contributed by atoms with Crippen molar-refractivity contribution in [2.75, 3.05) is 26.2 Å². The number of nitrogens with zero attached hydrogens (tertiary/aromatic N) is 1. The first-order valence-electron chi connectivity index (χ1n) is 5.72. The Bertz CT molecular complexity index is 171. The number of rotatable bonds is 5. The lowest BCUT2D eigenvalue weighted by Crippen LogP contribution is -2.45. The van der Waals surface area contributed by atoms with Gasteiger partial charge in [0, 0.05) is 19.6 Å². The van der Waals surface area contributed by atoms with Crippen LogP contribution >= 0.6 is 0 Å². The maximum Gasteiger partial charge on any atom is 0.0867 e. The highest BCUT2D eigenvalue weighted by Gasteiger charge is 2.27. The summed E-state index contributed by atoms with van der Waals surface area (Å²) in [6.45, 7) is 7.40. The van der Waals surface area contributed by atoms with Gasteiger partial charge in [0.05, 0.1) is 5.60 Å². The van der Waals surface area contributed by atoms with Crippen molar-refractivity contribution < 1.29 is 5.11 Å². The topological polar surface area (TPSA) is 49.5 Å². The first-order chi connectivity index (χ1) is 6.57. The molecule has 3 nitrogen and oxygen atoms in total. The zero-order valence-corrected chi connectivity index (χ0v) is 9.50. The van der Waals surface area contributed by atoms with Crippen LogP contribution in [-0.4, -0.2) is 41.8 Å². The van der Waals surface area contributed by atoms with E-state index < -0.39 is 5.60 Å². The largest absolute Gasteiger partial charge is 0.388 e. The summed E-state index contributed by atoms with van der Waals surface area (Å²) < 4.78 is 0. The third-order valence-corrected chi connectivity index (χ3v) is 3.07. The highest BCUT2D eigenvalue weighted by Crippen LogP contribution is 2.22. The van der Waals surface area contributed by atoms with Crippen LogP contribution in [0.25, 0.3) is 0 Å². The minimum atomic E-state index is -0.707. The fraction of sp³-hybridized carbons (Fsp3) is 1.00. The average molecular weight is 200 g/mol. The quantitative estimate of drug-likeness (QED) is 0.691. The molecule has 0 bridgehead atoms. The molecule has 0 saturated carbocycles. The lowest BCUT2D eigenvalue weighted by Gasteiger charge is -2.27. The first-order valence-corrected chi connectivity index (χ1v) is 5.72. The molecule has 1 aliphatic rings. The fourth-order valence-corrected chi connectivity index (χ4v) is 2.25. The van der Waals surface area contributed by atoms with Crippen LogP contribution in [-0.2, 0) is 0 Å². The van der Waals surface area contributed by atoms with E-state index in [1.807, 2.05) is 6.92 Å². The molecule has 1 heterocycles. The van der Waals surface area contributed by atoms with Crippen LogP contribution < -0.4 is 5.73 Å². The van der Waals surface area contributed by atoms with Crippen molar-refractivity contribution in [2.24, 2.45) is 11.7 Å². The molecule has 3 heteroatoms. The van der Waals surface area contributed by atoms with Gasteiger partial charge in [-0.3, -0.25) is 0 Å². The molecule has 3 N–H and O–H groups in total. The zero-order chi connectivity index (χ0) is 10.6. The summed E-state index contributed by atoms with van der Waals surface area (Å²) in [7, 11) is 0. The average Bonchev–Trinajstić information content (AvgIpc) is 2.53. The number of aliphatic hydroxyl groups is 1. The van der Waals surface area contributed by atoms with Gasteiger partial charge in [-0.15, -0.1) is 0 Å². The molecule has 0 aromatic rings. The molecular formula is C11H24N2O. The second-order valence-corrected chi connectivity index (χ2v) is 4.88. The Morgan fingerprint density at radius 1 is 1.57 bits per heavy atom. The van der Waals surface area contributed by atoms with Crippen LogP contribution in [0.4, 0.5) is 0 Å². The molecule has 2 atom stereocenters. The van der Waals surface area contributed by atoms with Gasteiger partial charge in [0.15, 0.2) is 0 Å². The summed E-state index contributed by atoms with van der Waals surface area (Å²) in [5.74, 6) is 0.841. The van der Waals surface area contributed by atoms with Gasteiger partial charge < -0.3 is 15.7 Å². The first kappa shape index (κ1) is 12.0. The Morgan fingerprint density at radius 3 is 2.86 bits per heavy atom. The van der Waals surface area contributed by atoms with Crippen LogP contribution in [0.5, 0.6) is 0 Å². The van der Waals surface area contributed by atoms with E-state index in [4.69, 9.17) is 5.73 Å². The fourth-order valence-electron chi connectivity index (χ4n) is 2.25. The second kappa shape index (κ2) is 5.10. The number of nitrogens with two attached hydrogens (primary N) is 1. The third-order valence-electron chi connectivity index (χ3n) is 3.07. The van der Waals surface area contributed by atoms with Crippen molar-refractivity contribution in [3.63, 3.8) is 0 Å². The van der Waals surface area contributed by atoms with Gasteiger partial charge >= 0.3 is 0 Å². The van der Waals surface area contributed by atoms with Gasteiger partial charge in [0.1, 0.15) is 0 Å². The lowest BCUT2D eigenvalue weighted by molar-refractivity contribution is 0.0334. The summed E-state index contributed by atoms with van der Waals surface area (Å²) in [5.41, 5.74) is 4.79. The van der Waals surface area contributed by atoms with E-state index in [-0.39, 0.29) is 0 Å². The summed E-state index contributed by atoms with van der Waals surface area (Å²) in [6, 6.07) is 0. The summed E-state index contributed by atoms with van der Waals surface area (Å²) in [6.07, 6.45) is 3.88. The highest BCUT2D eigenvalue weighted by atomic mass is 16.3. The smallest absolute Gasteiger partial charge is 0.0867 e. The molecule has 0 spiro atoms. The van der Waals surface area contributed by atoms with E-state index in [9.17, 15) is 5.11 Å². The van der Waals surface area contributed by atoms with E-state index >= 15 is 0 Å². The SMILES string of the molecule is CCCC1CCN(CC(C)(O)CN)C1. The molecule has 1 rings (SSSR count). The van der Waals surface area contributed by atoms with E-state index in [2.05, 4.69) is 11.8 Å². The molecule has 2 unspecified atom stereocenters. The van der Waals surface area contributed by atoms with Gasteiger partial charge in [0.2, 0.25) is 0 Å². The molecule has 84 valence electrons. The molecule has 14 heavy (non-hydrogen) atoms. The van der Waals surface area contributed by atoms with Crippen LogP contribution in [0.3, 0.4) is 0 Å². The molecule has 0 amide bonds. The van der Waals surface area contributed by atoms with E-state index in [0.29, 0.717) is 6.54 Å². The molecule has 1 fully saturated rings. The Hall–Kier alpha value is -0.120. The predicted molar refractivity (Wildman–Crippen MR) is 59.1 cm³/mol. The van der Waals surface area contributed by atoms with E-state index in [1.165, 1.54) is 19.3 Å². The lowest BCUT2D eigenvalue weighted by atomic mass is 10.0.